The molecule has 2 rings (SSSR count). The lowest BCUT2D eigenvalue weighted by molar-refractivity contribution is 0.0701. The zero-order valence-electron chi connectivity index (χ0n) is 11.9. The smallest absolute Gasteiger partial charge is 0.276 e. The molecule has 106 valence electrons. The second kappa shape index (κ2) is 6.08. The van der Waals surface area contributed by atoms with Crippen molar-refractivity contribution in [2.24, 2.45) is 5.92 Å². The van der Waals surface area contributed by atoms with Crippen LogP contribution < -0.4 is 5.73 Å². The average molecular weight is 264 g/mol. The van der Waals surface area contributed by atoms with Gasteiger partial charge in [0.25, 0.3) is 5.91 Å². The van der Waals surface area contributed by atoms with Crippen molar-refractivity contribution in [1.29, 1.82) is 0 Å². The number of rotatable bonds is 6. The maximum Gasteiger partial charge on any atom is 0.276 e. The number of hydrogen-bond donors (Lipinski definition) is 2. The molecule has 19 heavy (non-hydrogen) atoms. The standard InChI is InChI=1S/C14H24N4O/c1-3-6-11-12(15)13(17-16-11)14(19)18(4-2)9-10-7-5-8-10/h10H,3-9,15H2,1-2H3,(H,16,17). The Labute approximate surface area is 114 Å². The van der Waals surface area contributed by atoms with E-state index in [1.165, 1.54) is 19.3 Å². The first-order chi connectivity index (χ1) is 9.17. The van der Waals surface area contributed by atoms with Crippen LogP contribution >= 0.6 is 0 Å². The summed E-state index contributed by atoms with van der Waals surface area (Å²) in [5, 5.41) is 7.01. The molecule has 1 aliphatic rings. The number of anilines is 1. The first kappa shape index (κ1) is 13.9. The van der Waals surface area contributed by atoms with E-state index in [0.29, 0.717) is 23.8 Å². The third-order valence-electron chi connectivity index (χ3n) is 3.96. The van der Waals surface area contributed by atoms with E-state index in [9.17, 15) is 4.79 Å². The van der Waals surface area contributed by atoms with Gasteiger partial charge in [-0.25, -0.2) is 0 Å². The molecule has 1 heterocycles. The molecule has 1 aliphatic carbocycles. The highest BCUT2D eigenvalue weighted by Gasteiger charge is 2.26. The largest absolute Gasteiger partial charge is 0.395 e. The molecule has 0 atom stereocenters. The fraction of sp³-hybridized carbons (Fsp3) is 0.714. The molecule has 5 heteroatoms. The topological polar surface area (TPSA) is 75.0 Å². The molecule has 1 fully saturated rings. The zero-order chi connectivity index (χ0) is 13.8. The van der Waals surface area contributed by atoms with Crippen molar-refractivity contribution < 1.29 is 4.79 Å². The minimum Gasteiger partial charge on any atom is -0.395 e. The predicted molar refractivity (Wildman–Crippen MR) is 75.9 cm³/mol. The fourth-order valence-corrected chi connectivity index (χ4v) is 2.48. The SMILES string of the molecule is CCCc1[nH]nc(C(=O)N(CC)CC2CCC2)c1N. The molecule has 1 aromatic heterocycles. The van der Waals surface area contributed by atoms with Gasteiger partial charge in [0, 0.05) is 13.1 Å². The molecule has 3 N–H and O–H groups in total. The van der Waals surface area contributed by atoms with Crippen molar-refractivity contribution in [1.82, 2.24) is 15.1 Å². The Bertz CT molecular complexity index is 437. The third-order valence-corrected chi connectivity index (χ3v) is 3.96. The molecule has 0 saturated heterocycles. The predicted octanol–water partition coefficient (Wildman–Crippen LogP) is 2.21. The van der Waals surface area contributed by atoms with Gasteiger partial charge in [-0.2, -0.15) is 5.10 Å². The van der Waals surface area contributed by atoms with Gasteiger partial charge in [-0.3, -0.25) is 9.89 Å². The molecular weight excluding hydrogens is 240 g/mol. The highest BCUT2D eigenvalue weighted by atomic mass is 16.2. The second-order valence-electron chi connectivity index (χ2n) is 5.36. The Morgan fingerprint density at radius 1 is 1.47 bits per heavy atom. The molecule has 1 amide bonds. The van der Waals surface area contributed by atoms with E-state index in [0.717, 1.165) is 25.1 Å². The van der Waals surface area contributed by atoms with Crippen LogP contribution in [0.2, 0.25) is 0 Å². The number of nitrogens with one attached hydrogen (secondary N) is 1. The molecule has 0 aliphatic heterocycles. The van der Waals surface area contributed by atoms with Gasteiger partial charge in [0.1, 0.15) is 0 Å². The van der Waals surface area contributed by atoms with Crippen molar-refractivity contribution in [2.75, 3.05) is 18.8 Å². The summed E-state index contributed by atoms with van der Waals surface area (Å²) in [5.41, 5.74) is 7.82. The lowest BCUT2D eigenvalue weighted by atomic mass is 9.85. The number of H-pyrrole nitrogens is 1. The Balaban J connectivity index is 2.07. The number of aryl methyl sites for hydroxylation is 1. The number of aromatic amines is 1. The average Bonchev–Trinajstić information content (AvgIpc) is 2.70. The Hall–Kier alpha value is -1.52. The number of carbonyl (C=O) groups is 1. The molecule has 0 aromatic carbocycles. The van der Waals surface area contributed by atoms with E-state index in [-0.39, 0.29) is 5.91 Å². The van der Waals surface area contributed by atoms with Gasteiger partial charge in [0.2, 0.25) is 0 Å². The molecule has 0 spiro atoms. The monoisotopic (exact) mass is 264 g/mol. The van der Waals surface area contributed by atoms with Crippen LogP contribution in [0.15, 0.2) is 0 Å². The van der Waals surface area contributed by atoms with Crippen LogP contribution in [0.1, 0.15) is 55.7 Å². The summed E-state index contributed by atoms with van der Waals surface area (Å²) in [7, 11) is 0. The van der Waals surface area contributed by atoms with Gasteiger partial charge < -0.3 is 10.6 Å². The lowest BCUT2D eigenvalue weighted by Crippen LogP contribution is -2.37. The quantitative estimate of drug-likeness (QED) is 0.827. The number of hydrogen-bond acceptors (Lipinski definition) is 3. The van der Waals surface area contributed by atoms with E-state index in [2.05, 4.69) is 17.1 Å². The maximum absolute atomic E-state index is 12.5. The number of nitrogens with two attached hydrogens (primary N) is 1. The Morgan fingerprint density at radius 3 is 2.74 bits per heavy atom. The lowest BCUT2D eigenvalue weighted by Gasteiger charge is -2.31. The minimum atomic E-state index is -0.0366. The molecule has 1 saturated carbocycles. The first-order valence-corrected chi connectivity index (χ1v) is 7.29. The van der Waals surface area contributed by atoms with Crippen LogP contribution in [0.5, 0.6) is 0 Å². The summed E-state index contributed by atoms with van der Waals surface area (Å²) in [6, 6.07) is 0. The normalized spacial score (nSPS) is 15.3. The van der Waals surface area contributed by atoms with Crippen LogP contribution in [0, 0.1) is 5.92 Å². The van der Waals surface area contributed by atoms with Gasteiger partial charge in [0.05, 0.1) is 11.4 Å². The van der Waals surface area contributed by atoms with E-state index >= 15 is 0 Å². The van der Waals surface area contributed by atoms with Crippen molar-refractivity contribution >= 4 is 11.6 Å². The summed E-state index contributed by atoms with van der Waals surface area (Å²) in [6.45, 7) is 5.64. The van der Waals surface area contributed by atoms with Crippen molar-refractivity contribution in [3.63, 3.8) is 0 Å². The van der Waals surface area contributed by atoms with Crippen LogP contribution in [-0.4, -0.2) is 34.1 Å². The van der Waals surface area contributed by atoms with E-state index in [4.69, 9.17) is 5.73 Å². The second-order valence-corrected chi connectivity index (χ2v) is 5.36. The van der Waals surface area contributed by atoms with Crippen molar-refractivity contribution in [2.45, 2.75) is 46.0 Å². The van der Waals surface area contributed by atoms with Crippen molar-refractivity contribution in [3.8, 4) is 0 Å². The van der Waals surface area contributed by atoms with E-state index in [1.54, 1.807) is 0 Å². The maximum atomic E-state index is 12.5. The van der Waals surface area contributed by atoms with Crippen molar-refractivity contribution in [3.05, 3.63) is 11.4 Å². The molecule has 0 radical (unpaired) electrons. The molecule has 1 aromatic rings. The number of nitrogen functional groups attached to an aromatic ring is 1. The first-order valence-electron chi connectivity index (χ1n) is 7.29. The highest BCUT2D eigenvalue weighted by Crippen LogP contribution is 2.28. The highest BCUT2D eigenvalue weighted by molar-refractivity contribution is 5.97. The third kappa shape index (κ3) is 2.91. The molecule has 0 unspecified atom stereocenters. The fourth-order valence-electron chi connectivity index (χ4n) is 2.48. The van der Waals surface area contributed by atoms with E-state index < -0.39 is 0 Å². The summed E-state index contributed by atoms with van der Waals surface area (Å²) in [4.78, 5) is 14.3. The summed E-state index contributed by atoms with van der Waals surface area (Å²) >= 11 is 0. The van der Waals surface area contributed by atoms with Gasteiger partial charge in [-0.15, -0.1) is 0 Å². The minimum absolute atomic E-state index is 0.0366. The van der Waals surface area contributed by atoms with Crippen LogP contribution in [0.4, 0.5) is 5.69 Å². The summed E-state index contributed by atoms with van der Waals surface area (Å²) in [6.07, 6.45) is 5.59. The number of amides is 1. The Morgan fingerprint density at radius 2 is 2.21 bits per heavy atom. The molecule has 5 nitrogen and oxygen atoms in total. The molecular formula is C14H24N4O. The Kier molecular flexibility index (Phi) is 4.45. The van der Waals surface area contributed by atoms with Crippen LogP contribution in [-0.2, 0) is 6.42 Å². The van der Waals surface area contributed by atoms with E-state index in [1.807, 2.05) is 11.8 Å². The summed E-state index contributed by atoms with van der Waals surface area (Å²) in [5.74, 6) is 0.629. The van der Waals surface area contributed by atoms with Crippen LogP contribution in [0.25, 0.3) is 0 Å². The van der Waals surface area contributed by atoms with Gasteiger partial charge in [0.15, 0.2) is 5.69 Å². The zero-order valence-corrected chi connectivity index (χ0v) is 11.9. The van der Waals surface area contributed by atoms with Gasteiger partial charge >= 0.3 is 0 Å². The van der Waals surface area contributed by atoms with Gasteiger partial charge in [-0.05, 0) is 32.1 Å². The number of nitrogens with zero attached hydrogens (tertiary/aromatic N) is 2. The number of carbonyl (C=O) groups excluding carboxylic acids is 1. The molecule has 0 bridgehead atoms. The van der Waals surface area contributed by atoms with Crippen LogP contribution in [0.3, 0.4) is 0 Å². The number of aromatic nitrogens is 2. The summed E-state index contributed by atoms with van der Waals surface area (Å²) < 4.78 is 0. The van der Waals surface area contributed by atoms with Gasteiger partial charge in [-0.1, -0.05) is 19.8 Å².